The van der Waals surface area contributed by atoms with E-state index >= 15 is 0 Å². The second kappa shape index (κ2) is 10.2. The van der Waals surface area contributed by atoms with Crippen molar-refractivity contribution < 1.29 is 21.6 Å². The van der Waals surface area contributed by atoms with E-state index in [0.717, 1.165) is 11.3 Å². The minimum absolute atomic E-state index is 0.0965. The molecule has 1 saturated heterocycles. The molecule has 1 aliphatic heterocycles. The molecule has 0 unspecified atom stereocenters. The number of carbonyl (C=O) groups is 1. The SMILES string of the molecule is Cc1ccc(S(=O)(=O)N[C@@H](CC(C)C)C(=O)Nc2ccc(N3CCS(=O)(=O)CC3)cc2)cc1. The zero-order valence-electron chi connectivity index (χ0n) is 19.1. The molecule has 1 atom stereocenters. The molecule has 2 aromatic carbocycles. The first-order chi connectivity index (χ1) is 15.4. The Bertz CT molecular complexity index is 1160. The smallest absolute Gasteiger partial charge is 0.242 e. The summed E-state index contributed by atoms with van der Waals surface area (Å²) in [5.41, 5.74) is 2.36. The molecular weight excluding hydrogens is 462 g/mol. The molecule has 10 heteroatoms. The summed E-state index contributed by atoms with van der Waals surface area (Å²) in [5.74, 6) is -0.0806. The van der Waals surface area contributed by atoms with Crippen LogP contribution in [0.4, 0.5) is 11.4 Å². The highest BCUT2D eigenvalue weighted by Gasteiger charge is 2.27. The van der Waals surface area contributed by atoms with E-state index in [9.17, 15) is 21.6 Å². The average Bonchev–Trinajstić information content (AvgIpc) is 2.74. The van der Waals surface area contributed by atoms with Crippen LogP contribution in [0.3, 0.4) is 0 Å². The molecule has 180 valence electrons. The molecule has 2 aromatic rings. The first-order valence-electron chi connectivity index (χ1n) is 10.9. The normalized spacial score (nSPS) is 17.0. The fourth-order valence-corrected chi connectivity index (χ4v) is 6.02. The minimum atomic E-state index is -3.86. The summed E-state index contributed by atoms with van der Waals surface area (Å²) < 4.78 is 51.4. The molecule has 2 N–H and O–H groups in total. The lowest BCUT2D eigenvalue weighted by molar-refractivity contribution is -0.118. The second-order valence-electron chi connectivity index (χ2n) is 8.79. The highest BCUT2D eigenvalue weighted by atomic mass is 32.2. The van der Waals surface area contributed by atoms with Crippen molar-refractivity contribution >= 4 is 37.1 Å². The molecule has 1 fully saturated rings. The zero-order chi connectivity index (χ0) is 24.2. The Morgan fingerprint density at radius 2 is 1.58 bits per heavy atom. The zero-order valence-corrected chi connectivity index (χ0v) is 20.7. The molecule has 3 rings (SSSR count). The quantitative estimate of drug-likeness (QED) is 0.584. The number of hydrogen-bond acceptors (Lipinski definition) is 6. The molecule has 33 heavy (non-hydrogen) atoms. The Hall–Kier alpha value is -2.43. The van der Waals surface area contributed by atoms with Gasteiger partial charge in [0.2, 0.25) is 15.9 Å². The summed E-state index contributed by atoms with van der Waals surface area (Å²) in [6.45, 7) is 6.59. The van der Waals surface area contributed by atoms with Crippen LogP contribution in [0.25, 0.3) is 0 Å². The minimum Gasteiger partial charge on any atom is -0.369 e. The average molecular weight is 494 g/mol. The Morgan fingerprint density at radius 3 is 2.12 bits per heavy atom. The van der Waals surface area contributed by atoms with Crippen molar-refractivity contribution in [2.24, 2.45) is 5.92 Å². The monoisotopic (exact) mass is 493 g/mol. The number of amides is 1. The molecule has 0 bridgehead atoms. The van der Waals surface area contributed by atoms with Crippen LogP contribution >= 0.6 is 0 Å². The highest BCUT2D eigenvalue weighted by Crippen LogP contribution is 2.21. The number of aryl methyl sites for hydroxylation is 1. The number of nitrogens with zero attached hydrogens (tertiary/aromatic N) is 1. The number of anilines is 2. The third kappa shape index (κ3) is 7.02. The molecule has 0 spiro atoms. The maximum atomic E-state index is 13.0. The standard InChI is InChI=1S/C23H31N3O5S2/c1-17(2)16-22(25-33(30,31)21-10-4-18(3)5-11-21)23(27)24-19-6-8-20(9-7-19)26-12-14-32(28,29)15-13-26/h4-11,17,22,25H,12-16H2,1-3H3,(H,24,27)/t22-/m0/s1. The second-order valence-corrected chi connectivity index (χ2v) is 12.8. The van der Waals surface area contributed by atoms with Crippen LogP contribution in [0.5, 0.6) is 0 Å². The topological polar surface area (TPSA) is 113 Å². The van der Waals surface area contributed by atoms with Crippen LogP contribution in [0.1, 0.15) is 25.8 Å². The van der Waals surface area contributed by atoms with Crippen LogP contribution in [0.15, 0.2) is 53.4 Å². The summed E-state index contributed by atoms with van der Waals surface area (Å²) in [7, 11) is -6.82. The number of rotatable bonds is 8. The van der Waals surface area contributed by atoms with Crippen LogP contribution in [0, 0.1) is 12.8 Å². The largest absolute Gasteiger partial charge is 0.369 e. The van der Waals surface area contributed by atoms with Crippen molar-refractivity contribution in [3.63, 3.8) is 0 Å². The number of sulfone groups is 1. The fourth-order valence-electron chi connectivity index (χ4n) is 3.61. The Morgan fingerprint density at radius 1 is 1.00 bits per heavy atom. The van der Waals surface area contributed by atoms with Gasteiger partial charge in [0.1, 0.15) is 6.04 Å². The lowest BCUT2D eigenvalue weighted by Crippen LogP contribution is -2.44. The van der Waals surface area contributed by atoms with Gasteiger partial charge in [-0.05, 0) is 55.7 Å². The van der Waals surface area contributed by atoms with Gasteiger partial charge in [0.05, 0.1) is 16.4 Å². The van der Waals surface area contributed by atoms with E-state index in [0.29, 0.717) is 25.2 Å². The van der Waals surface area contributed by atoms with E-state index in [1.807, 2.05) is 37.8 Å². The number of hydrogen-bond donors (Lipinski definition) is 2. The molecule has 0 aliphatic carbocycles. The van der Waals surface area contributed by atoms with E-state index in [4.69, 9.17) is 0 Å². The van der Waals surface area contributed by atoms with Crippen molar-refractivity contribution in [2.45, 2.75) is 38.1 Å². The maximum absolute atomic E-state index is 13.0. The van der Waals surface area contributed by atoms with Gasteiger partial charge < -0.3 is 10.2 Å². The number of benzene rings is 2. The maximum Gasteiger partial charge on any atom is 0.242 e. The van der Waals surface area contributed by atoms with Crippen molar-refractivity contribution in [3.8, 4) is 0 Å². The Labute approximate surface area is 196 Å². The van der Waals surface area contributed by atoms with Gasteiger partial charge >= 0.3 is 0 Å². The summed E-state index contributed by atoms with van der Waals surface area (Å²) in [5, 5.41) is 2.79. The van der Waals surface area contributed by atoms with Crippen LogP contribution in [-0.4, -0.2) is 53.4 Å². The number of sulfonamides is 1. The fraction of sp³-hybridized carbons (Fsp3) is 0.435. The van der Waals surface area contributed by atoms with Crippen LogP contribution < -0.4 is 14.9 Å². The van der Waals surface area contributed by atoms with E-state index in [1.165, 1.54) is 12.1 Å². The van der Waals surface area contributed by atoms with Crippen LogP contribution in [-0.2, 0) is 24.7 Å². The van der Waals surface area contributed by atoms with Gasteiger partial charge in [-0.1, -0.05) is 31.5 Å². The van der Waals surface area contributed by atoms with E-state index in [1.54, 1.807) is 24.3 Å². The van der Waals surface area contributed by atoms with Crippen molar-refractivity contribution in [3.05, 3.63) is 54.1 Å². The number of carbonyl (C=O) groups excluding carboxylic acids is 1. The highest BCUT2D eigenvalue weighted by molar-refractivity contribution is 7.91. The predicted octanol–water partition coefficient (Wildman–Crippen LogP) is 2.56. The molecule has 1 heterocycles. The van der Waals surface area contributed by atoms with Gasteiger partial charge in [0.15, 0.2) is 9.84 Å². The lowest BCUT2D eigenvalue weighted by atomic mass is 10.0. The summed E-state index contributed by atoms with van der Waals surface area (Å²) in [6, 6.07) is 12.6. The van der Waals surface area contributed by atoms with Gasteiger partial charge in [0.25, 0.3) is 0 Å². The van der Waals surface area contributed by atoms with Crippen molar-refractivity contribution in [2.75, 3.05) is 34.8 Å². The Balaban J connectivity index is 1.69. The molecule has 1 aliphatic rings. The molecule has 0 radical (unpaired) electrons. The van der Waals surface area contributed by atoms with E-state index in [-0.39, 0.29) is 22.3 Å². The third-order valence-electron chi connectivity index (χ3n) is 5.50. The molecule has 8 nitrogen and oxygen atoms in total. The predicted molar refractivity (Wildman–Crippen MR) is 131 cm³/mol. The first-order valence-corrected chi connectivity index (χ1v) is 14.2. The molecular formula is C23H31N3O5S2. The summed E-state index contributed by atoms with van der Waals surface area (Å²) in [6.07, 6.45) is 0.345. The summed E-state index contributed by atoms with van der Waals surface area (Å²) >= 11 is 0. The van der Waals surface area contributed by atoms with Gasteiger partial charge in [-0.15, -0.1) is 0 Å². The lowest BCUT2D eigenvalue weighted by Gasteiger charge is -2.28. The molecule has 1 amide bonds. The molecule has 0 saturated carbocycles. The number of nitrogens with one attached hydrogen (secondary N) is 2. The van der Waals surface area contributed by atoms with E-state index < -0.39 is 31.8 Å². The van der Waals surface area contributed by atoms with Gasteiger partial charge in [-0.25, -0.2) is 16.8 Å². The van der Waals surface area contributed by atoms with Gasteiger partial charge in [-0.3, -0.25) is 4.79 Å². The van der Waals surface area contributed by atoms with Gasteiger partial charge in [0, 0.05) is 24.5 Å². The van der Waals surface area contributed by atoms with Crippen molar-refractivity contribution in [1.29, 1.82) is 0 Å². The van der Waals surface area contributed by atoms with E-state index in [2.05, 4.69) is 10.0 Å². The Kier molecular flexibility index (Phi) is 7.81. The van der Waals surface area contributed by atoms with Crippen LogP contribution in [0.2, 0.25) is 0 Å². The third-order valence-corrected chi connectivity index (χ3v) is 8.59. The first kappa shape index (κ1) is 25.2. The summed E-state index contributed by atoms with van der Waals surface area (Å²) in [4.78, 5) is 15.1. The van der Waals surface area contributed by atoms with Crippen molar-refractivity contribution in [1.82, 2.24) is 4.72 Å². The molecule has 0 aromatic heterocycles. The van der Waals surface area contributed by atoms with Gasteiger partial charge in [-0.2, -0.15) is 4.72 Å².